The summed E-state index contributed by atoms with van der Waals surface area (Å²) in [4.78, 5) is 4.26. The smallest absolute Gasteiger partial charge is 0.191 e. The normalized spacial score (nSPS) is 12.6. The number of fused-ring (bicyclic) bond motifs is 1. The summed E-state index contributed by atoms with van der Waals surface area (Å²) in [5.74, 6) is 3.43. The Morgan fingerprint density at radius 3 is 2.55 bits per heavy atom. The van der Waals surface area contributed by atoms with Gasteiger partial charge in [0.05, 0.1) is 19.2 Å². The van der Waals surface area contributed by atoms with Crippen molar-refractivity contribution in [2.24, 2.45) is 4.99 Å². The lowest BCUT2D eigenvalue weighted by Gasteiger charge is -2.20. The molecule has 158 valence electrons. The maximum absolute atomic E-state index is 6.29. The fraction of sp³-hybridized carbons (Fsp3) is 0.350. The lowest BCUT2D eigenvalue weighted by molar-refractivity contribution is 0.171. The standard InChI is InChI=1S/C20H24ClN3O4.HI/c1-22-20(24-12-14-4-5-15(25-2)10-17(14)26-3)23-11-13-8-16(21)19-18(9-13)27-6-7-28-19;/h4-5,8-10H,6-7,11-12H2,1-3H3,(H2,22,23,24);1H. The third-order valence-electron chi connectivity index (χ3n) is 4.28. The third-order valence-corrected chi connectivity index (χ3v) is 4.56. The Balaban J connectivity index is 0.00000300. The summed E-state index contributed by atoms with van der Waals surface area (Å²) < 4.78 is 21.8. The quantitative estimate of drug-likeness (QED) is 0.336. The summed E-state index contributed by atoms with van der Waals surface area (Å²) >= 11 is 6.29. The van der Waals surface area contributed by atoms with Gasteiger partial charge in [-0.2, -0.15) is 0 Å². The van der Waals surface area contributed by atoms with Crippen LogP contribution in [0, 0.1) is 0 Å². The predicted octanol–water partition coefficient (Wildman–Crippen LogP) is 3.61. The lowest BCUT2D eigenvalue weighted by Crippen LogP contribution is -2.36. The first-order valence-electron chi connectivity index (χ1n) is 8.88. The first kappa shape index (κ1) is 23.2. The summed E-state index contributed by atoms with van der Waals surface area (Å²) in [5.41, 5.74) is 1.97. The molecule has 0 radical (unpaired) electrons. The van der Waals surface area contributed by atoms with E-state index in [9.17, 15) is 0 Å². The zero-order valence-corrected chi connectivity index (χ0v) is 19.7. The Kier molecular flexibility index (Phi) is 8.97. The van der Waals surface area contributed by atoms with Crippen LogP contribution in [0.4, 0.5) is 0 Å². The zero-order chi connectivity index (χ0) is 19.9. The van der Waals surface area contributed by atoms with Gasteiger partial charge < -0.3 is 29.6 Å². The van der Waals surface area contributed by atoms with E-state index in [1.807, 2.05) is 30.3 Å². The van der Waals surface area contributed by atoms with Gasteiger partial charge in [-0.05, 0) is 29.8 Å². The zero-order valence-electron chi connectivity index (χ0n) is 16.6. The van der Waals surface area contributed by atoms with Crippen LogP contribution in [0.25, 0.3) is 0 Å². The van der Waals surface area contributed by atoms with Crippen LogP contribution in [0.2, 0.25) is 5.02 Å². The van der Waals surface area contributed by atoms with Crippen LogP contribution in [0.3, 0.4) is 0 Å². The molecule has 0 bridgehead atoms. The number of nitrogens with zero attached hydrogens (tertiary/aromatic N) is 1. The molecule has 29 heavy (non-hydrogen) atoms. The van der Waals surface area contributed by atoms with Crippen LogP contribution in [-0.4, -0.2) is 40.4 Å². The number of aliphatic imine (C=N–C) groups is 1. The molecule has 0 saturated carbocycles. The van der Waals surface area contributed by atoms with E-state index in [0.717, 1.165) is 22.6 Å². The Hall–Kier alpha value is -2.07. The maximum atomic E-state index is 6.29. The fourth-order valence-corrected chi connectivity index (χ4v) is 3.14. The Morgan fingerprint density at radius 2 is 1.83 bits per heavy atom. The molecule has 1 aliphatic rings. The second kappa shape index (κ2) is 11.2. The number of hydrogen-bond acceptors (Lipinski definition) is 5. The van der Waals surface area contributed by atoms with Crippen molar-refractivity contribution in [1.29, 1.82) is 0 Å². The van der Waals surface area contributed by atoms with Gasteiger partial charge in [0.1, 0.15) is 24.7 Å². The SMILES string of the molecule is CN=C(NCc1cc(Cl)c2c(c1)OCCO2)NCc1ccc(OC)cc1OC.I. The molecule has 0 atom stereocenters. The summed E-state index contributed by atoms with van der Waals surface area (Å²) in [6, 6.07) is 9.49. The molecule has 0 saturated heterocycles. The summed E-state index contributed by atoms with van der Waals surface area (Å²) in [6.45, 7) is 2.12. The highest BCUT2D eigenvalue weighted by Crippen LogP contribution is 2.38. The van der Waals surface area contributed by atoms with Crippen LogP contribution in [0.1, 0.15) is 11.1 Å². The highest BCUT2D eigenvalue weighted by molar-refractivity contribution is 14.0. The lowest BCUT2D eigenvalue weighted by atomic mass is 10.2. The summed E-state index contributed by atoms with van der Waals surface area (Å²) in [5, 5.41) is 7.08. The second-order valence-corrected chi connectivity index (χ2v) is 6.47. The highest BCUT2D eigenvalue weighted by Gasteiger charge is 2.16. The topological polar surface area (TPSA) is 73.3 Å². The largest absolute Gasteiger partial charge is 0.497 e. The van der Waals surface area contributed by atoms with E-state index in [-0.39, 0.29) is 24.0 Å². The Labute approximate surface area is 192 Å². The van der Waals surface area contributed by atoms with Gasteiger partial charge in [-0.15, -0.1) is 24.0 Å². The van der Waals surface area contributed by atoms with E-state index in [1.165, 1.54) is 0 Å². The number of ether oxygens (including phenoxy) is 4. The van der Waals surface area contributed by atoms with Crippen molar-refractivity contribution in [1.82, 2.24) is 10.6 Å². The van der Waals surface area contributed by atoms with Gasteiger partial charge in [-0.1, -0.05) is 11.6 Å². The second-order valence-electron chi connectivity index (χ2n) is 6.06. The molecule has 0 amide bonds. The monoisotopic (exact) mass is 533 g/mol. The molecule has 0 spiro atoms. The molecule has 0 fully saturated rings. The summed E-state index contributed by atoms with van der Waals surface area (Å²) in [6.07, 6.45) is 0. The minimum atomic E-state index is 0. The van der Waals surface area contributed by atoms with Crippen LogP contribution >= 0.6 is 35.6 Å². The van der Waals surface area contributed by atoms with E-state index in [4.69, 9.17) is 30.5 Å². The molecule has 2 aromatic carbocycles. The van der Waals surface area contributed by atoms with E-state index in [0.29, 0.717) is 48.8 Å². The van der Waals surface area contributed by atoms with Gasteiger partial charge in [0.2, 0.25) is 0 Å². The first-order chi connectivity index (χ1) is 13.6. The number of benzene rings is 2. The van der Waals surface area contributed by atoms with Gasteiger partial charge >= 0.3 is 0 Å². The van der Waals surface area contributed by atoms with Crippen LogP contribution in [0.5, 0.6) is 23.0 Å². The molecule has 1 aliphatic heterocycles. The molecule has 1 heterocycles. The molecule has 2 N–H and O–H groups in total. The number of rotatable bonds is 6. The summed E-state index contributed by atoms with van der Waals surface area (Å²) in [7, 11) is 4.98. The van der Waals surface area contributed by atoms with Crippen molar-refractivity contribution >= 4 is 41.5 Å². The fourth-order valence-electron chi connectivity index (χ4n) is 2.85. The number of nitrogens with one attached hydrogen (secondary N) is 2. The molecular weight excluding hydrogens is 509 g/mol. The number of hydrogen-bond donors (Lipinski definition) is 2. The highest BCUT2D eigenvalue weighted by atomic mass is 127. The van der Waals surface area contributed by atoms with E-state index >= 15 is 0 Å². The number of halogens is 2. The number of guanidine groups is 1. The molecule has 2 aromatic rings. The van der Waals surface area contributed by atoms with E-state index in [2.05, 4.69) is 15.6 Å². The van der Waals surface area contributed by atoms with E-state index < -0.39 is 0 Å². The van der Waals surface area contributed by atoms with Crippen molar-refractivity contribution in [3.8, 4) is 23.0 Å². The van der Waals surface area contributed by atoms with Crippen LogP contribution in [-0.2, 0) is 13.1 Å². The minimum Gasteiger partial charge on any atom is -0.497 e. The molecular formula is C20H25ClIN3O4. The van der Waals surface area contributed by atoms with Crippen molar-refractivity contribution in [3.05, 3.63) is 46.5 Å². The van der Waals surface area contributed by atoms with Gasteiger partial charge in [0, 0.05) is 31.8 Å². The Morgan fingerprint density at radius 1 is 1.07 bits per heavy atom. The Bertz CT molecular complexity index is 864. The average Bonchev–Trinajstić information content (AvgIpc) is 2.73. The van der Waals surface area contributed by atoms with Gasteiger partial charge in [-0.25, -0.2) is 0 Å². The molecule has 0 aliphatic carbocycles. The molecule has 0 unspecified atom stereocenters. The van der Waals surface area contributed by atoms with E-state index in [1.54, 1.807) is 21.3 Å². The predicted molar refractivity (Wildman–Crippen MR) is 124 cm³/mol. The van der Waals surface area contributed by atoms with Gasteiger partial charge in [0.25, 0.3) is 0 Å². The van der Waals surface area contributed by atoms with Crippen molar-refractivity contribution in [3.63, 3.8) is 0 Å². The van der Waals surface area contributed by atoms with Crippen molar-refractivity contribution in [2.75, 3.05) is 34.5 Å². The molecule has 7 nitrogen and oxygen atoms in total. The molecule has 3 rings (SSSR count). The first-order valence-corrected chi connectivity index (χ1v) is 9.26. The molecule has 9 heteroatoms. The molecule has 0 aromatic heterocycles. The minimum absolute atomic E-state index is 0. The maximum Gasteiger partial charge on any atom is 0.191 e. The number of methoxy groups -OCH3 is 2. The average molecular weight is 534 g/mol. The van der Waals surface area contributed by atoms with Crippen LogP contribution < -0.4 is 29.6 Å². The van der Waals surface area contributed by atoms with Gasteiger partial charge in [0.15, 0.2) is 17.5 Å². The van der Waals surface area contributed by atoms with Crippen molar-refractivity contribution in [2.45, 2.75) is 13.1 Å². The van der Waals surface area contributed by atoms with Crippen LogP contribution in [0.15, 0.2) is 35.3 Å². The third kappa shape index (κ3) is 5.96. The van der Waals surface area contributed by atoms with Crippen molar-refractivity contribution < 1.29 is 18.9 Å². The van der Waals surface area contributed by atoms with Gasteiger partial charge in [-0.3, -0.25) is 4.99 Å².